The van der Waals surface area contributed by atoms with Gasteiger partial charge in [-0.3, -0.25) is 0 Å². The molecule has 0 bridgehead atoms. The Labute approximate surface area is 102 Å². The Morgan fingerprint density at radius 3 is 2.59 bits per heavy atom. The molecule has 2 rings (SSSR count). The summed E-state index contributed by atoms with van der Waals surface area (Å²) in [5.41, 5.74) is 5.71. The molecule has 1 fully saturated rings. The zero-order chi connectivity index (χ0) is 12.3. The quantitative estimate of drug-likeness (QED) is 0.873. The molecule has 1 saturated carbocycles. The zero-order valence-electron chi connectivity index (χ0n) is 10.6. The van der Waals surface area contributed by atoms with Crippen LogP contribution in [0.1, 0.15) is 62.9 Å². The van der Waals surface area contributed by atoms with E-state index in [9.17, 15) is 0 Å². The Kier molecular flexibility index (Phi) is 4.12. The summed E-state index contributed by atoms with van der Waals surface area (Å²) in [6, 6.07) is -0.222. The summed E-state index contributed by atoms with van der Waals surface area (Å²) in [6.45, 7) is 1.83. The summed E-state index contributed by atoms with van der Waals surface area (Å²) >= 11 is 0. The van der Waals surface area contributed by atoms with Crippen LogP contribution in [0, 0.1) is 5.92 Å². The van der Waals surface area contributed by atoms with Crippen molar-refractivity contribution in [2.75, 3.05) is 7.11 Å². The summed E-state index contributed by atoms with van der Waals surface area (Å²) in [5.74, 6) is 1.64. The lowest BCUT2D eigenvalue weighted by molar-refractivity contribution is 0.0273. The highest BCUT2D eigenvalue weighted by molar-refractivity contribution is 4.96. The molecule has 5 heteroatoms. The van der Waals surface area contributed by atoms with Crippen molar-refractivity contribution in [3.05, 3.63) is 11.7 Å². The van der Waals surface area contributed by atoms with Crippen molar-refractivity contribution >= 4 is 0 Å². The van der Waals surface area contributed by atoms with Crippen LogP contribution in [0.3, 0.4) is 0 Å². The van der Waals surface area contributed by atoms with E-state index in [1.165, 1.54) is 32.1 Å². The van der Waals surface area contributed by atoms with E-state index < -0.39 is 0 Å². The molecule has 1 unspecified atom stereocenters. The Hall–Kier alpha value is -0.940. The summed E-state index contributed by atoms with van der Waals surface area (Å²) in [6.07, 6.45) is 6.17. The lowest BCUT2D eigenvalue weighted by Gasteiger charge is -2.26. The van der Waals surface area contributed by atoms with Gasteiger partial charge in [0.2, 0.25) is 11.7 Å². The van der Waals surface area contributed by atoms with Crippen LogP contribution in [-0.2, 0) is 4.74 Å². The average molecular weight is 239 g/mol. The first-order valence-corrected chi connectivity index (χ1v) is 6.34. The molecule has 0 spiro atoms. The van der Waals surface area contributed by atoms with Crippen molar-refractivity contribution in [1.29, 1.82) is 0 Å². The van der Waals surface area contributed by atoms with Crippen LogP contribution in [0.2, 0.25) is 0 Å². The monoisotopic (exact) mass is 239 g/mol. The normalized spacial score (nSPS) is 21.4. The van der Waals surface area contributed by atoms with Gasteiger partial charge >= 0.3 is 0 Å². The predicted octanol–water partition coefficient (Wildman–Crippen LogP) is 2.36. The van der Waals surface area contributed by atoms with Gasteiger partial charge in [-0.15, -0.1) is 0 Å². The molecule has 96 valence electrons. The van der Waals surface area contributed by atoms with E-state index in [1.54, 1.807) is 7.11 Å². The summed E-state index contributed by atoms with van der Waals surface area (Å²) in [5, 5.41) is 3.99. The summed E-state index contributed by atoms with van der Waals surface area (Å²) in [7, 11) is 1.71. The first-order valence-electron chi connectivity index (χ1n) is 6.34. The maximum Gasteiger partial charge on any atom is 0.243 e. The maximum absolute atomic E-state index is 5.71. The van der Waals surface area contributed by atoms with Crippen LogP contribution in [0.5, 0.6) is 0 Å². The Morgan fingerprint density at radius 2 is 2.06 bits per heavy atom. The van der Waals surface area contributed by atoms with Crippen molar-refractivity contribution < 1.29 is 9.26 Å². The number of hydrogen-bond donors (Lipinski definition) is 1. The van der Waals surface area contributed by atoms with Crippen molar-refractivity contribution in [3.63, 3.8) is 0 Å². The Bertz CT molecular complexity index is 345. The molecule has 1 heterocycles. The highest BCUT2D eigenvalue weighted by Gasteiger charge is 2.29. The zero-order valence-corrected chi connectivity index (χ0v) is 10.6. The second kappa shape index (κ2) is 5.60. The first-order chi connectivity index (χ1) is 8.22. The van der Waals surface area contributed by atoms with E-state index in [0.29, 0.717) is 17.6 Å². The van der Waals surface area contributed by atoms with Gasteiger partial charge in [-0.05, 0) is 25.7 Å². The van der Waals surface area contributed by atoms with E-state index in [4.69, 9.17) is 15.0 Å². The molecule has 2 atom stereocenters. The fourth-order valence-corrected chi connectivity index (χ4v) is 2.49. The van der Waals surface area contributed by atoms with E-state index in [1.807, 2.05) is 6.92 Å². The van der Waals surface area contributed by atoms with Gasteiger partial charge in [0.05, 0.1) is 6.04 Å². The van der Waals surface area contributed by atoms with Crippen molar-refractivity contribution in [2.45, 2.75) is 51.2 Å². The third kappa shape index (κ3) is 2.84. The minimum atomic E-state index is -0.222. The molecular formula is C12H21N3O2. The molecule has 1 aromatic heterocycles. The Morgan fingerprint density at radius 1 is 1.35 bits per heavy atom. The highest BCUT2D eigenvalue weighted by Crippen LogP contribution is 2.35. The van der Waals surface area contributed by atoms with Crippen LogP contribution < -0.4 is 5.73 Å². The molecule has 0 amide bonds. The standard InChI is InChI=1S/C12H21N3O2/c1-8(13)12-14-11(15-17-12)10(16-2)9-6-4-3-5-7-9/h8-10H,3-7,13H2,1-2H3/t8-,10?/m0/s1. The lowest BCUT2D eigenvalue weighted by Crippen LogP contribution is -2.19. The molecule has 5 nitrogen and oxygen atoms in total. The van der Waals surface area contributed by atoms with Gasteiger partial charge in [0.15, 0.2) is 0 Å². The van der Waals surface area contributed by atoms with Gasteiger partial charge in [-0.1, -0.05) is 24.4 Å². The van der Waals surface area contributed by atoms with Gasteiger partial charge in [0.1, 0.15) is 6.10 Å². The van der Waals surface area contributed by atoms with E-state index in [-0.39, 0.29) is 12.1 Å². The third-order valence-corrected chi connectivity index (χ3v) is 3.43. The van der Waals surface area contributed by atoms with Crippen molar-refractivity contribution in [3.8, 4) is 0 Å². The maximum atomic E-state index is 5.71. The fourth-order valence-electron chi connectivity index (χ4n) is 2.49. The molecule has 1 aromatic rings. The van der Waals surface area contributed by atoms with Crippen LogP contribution in [0.25, 0.3) is 0 Å². The van der Waals surface area contributed by atoms with Gasteiger partial charge in [-0.25, -0.2) is 0 Å². The predicted molar refractivity (Wildman–Crippen MR) is 63.2 cm³/mol. The van der Waals surface area contributed by atoms with Gasteiger partial charge in [0.25, 0.3) is 0 Å². The molecule has 0 aliphatic heterocycles. The van der Waals surface area contributed by atoms with Gasteiger partial charge in [-0.2, -0.15) is 4.98 Å². The minimum Gasteiger partial charge on any atom is -0.373 e. The molecule has 2 N–H and O–H groups in total. The molecule has 0 aromatic carbocycles. The number of nitrogens with zero attached hydrogens (tertiary/aromatic N) is 2. The molecular weight excluding hydrogens is 218 g/mol. The number of ether oxygens (including phenoxy) is 1. The Balaban J connectivity index is 2.10. The molecule has 1 aliphatic carbocycles. The highest BCUT2D eigenvalue weighted by atomic mass is 16.5. The SMILES string of the molecule is COC(c1noc([C@H](C)N)n1)C1CCCCC1. The molecule has 17 heavy (non-hydrogen) atoms. The molecule has 0 radical (unpaired) electrons. The second-order valence-corrected chi connectivity index (χ2v) is 4.83. The van der Waals surface area contributed by atoms with Gasteiger partial charge in [0, 0.05) is 7.11 Å². The summed E-state index contributed by atoms with van der Waals surface area (Å²) < 4.78 is 10.7. The van der Waals surface area contributed by atoms with E-state index in [2.05, 4.69) is 10.1 Å². The van der Waals surface area contributed by atoms with Crippen molar-refractivity contribution in [2.24, 2.45) is 11.7 Å². The van der Waals surface area contributed by atoms with Crippen LogP contribution >= 0.6 is 0 Å². The number of hydrogen-bond acceptors (Lipinski definition) is 5. The van der Waals surface area contributed by atoms with Gasteiger partial charge < -0.3 is 15.0 Å². The number of rotatable bonds is 4. The molecule has 1 aliphatic rings. The number of aromatic nitrogens is 2. The second-order valence-electron chi connectivity index (χ2n) is 4.83. The van der Waals surface area contributed by atoms with E-state index >= 15 is 0 Å². The lowest BCUT2D eigenvalue weighted by atomic mass is 9.85. The van der Waals surface area contributed by atoms with Crippen LogP contribution in [0.15, 0.2) is 4.52 Å². The number of methoxy groups -OCH3 is 1. The topological polar surface area (TPSA) is 74.2 Å². The smallest absolute Gasteiger partial charge is 0.243 e. The van der Waals surface area contributed by atoms with Crippen LogP contribution in [-0.4, -0.2) is 17.3 Å². The van der Waals surface area contributed by atoms with E-state index in [0.717, 1.165) is 0 Å². The summed E-state index contributed by atoms with van der Waals surface area (Å²) in [4.78, 5) is 4.33. The van der Waals surface area contributed by atoms with Crippen LogP contribution in [0.4, 0.5) is 0 Å². The van der Waals surface area contributed by atoms with Crippen molar-refractivity contribution in [1.82, 2.24) is 10.1 Å². The largest absolute Gasteiger partial charge is 0.373 e. The average Bonchev–Trinajstić information content (AvgIpc) is 2.81. The molecule has 0 saturated heterocycles. The number of nitrogens with two attached hydrogens (primary N) is 1. The first kappa shape index (κ1) is 12.5. The fraction of sp³-hybridized carbons (Fsp3) is 0.833. The third-order valence-electron chi connectivity index (χ3n) is 3.43. The minimum absolute atomic E-state index is 0.0495.